The third-order valence-electron chi connectivity index (χ3n) is 5.55. The Morgan fingerprint density at radius 1 is 0.600 bits per heavy atom. The highest BCUT2D eigenvalue weighted by atomic mass is 79.9. The minimum Gasteiger partial charge on any atom is -0.361 e. The minimum atomic E-state index is 0. The van der Waals surface area contributed by atoms with E-state index in [-0.39, 0.29) is 17.0 Å². The molecule has 2 aliphatic carbocycles. The Morgan fingerprint density at radius 2 is 1.08 bits per heavy atom. The molecule has 0 bridgehead atoms. The minimum absolute atomic E-state index is 0. The van der Waals surface area contributed by atoms with Gasteiger partial charge in [-0.15, -0.1) is 17.0 Å². The van der Waals surface area contributed by atoms with Crippen LogP contribution in [0.3, 0.4) is 0 Å². The van der Waals surface area contributed by atoms with Gasteiger partial charge in [0.1, 0.15) is 0 Å². The van der Waals surface area contributed by atoms with Crippen LogP contribution in [-0.2, 0) is 0 Å². The highest BCUT2D eigenvalue weighted by Crippen LogP contribution is 2.27. The molecular formula is C22H37BrN2. The molecule has 2 nitrogen and oxygen atoms in total. The van der Waals surface area contributed by atoms with Gasteiger partial charge >= 0.3 is 0 Å². The Labute approximate surface area is 165 Å². The normalized spacial score (nSPS) is 22.2. The van der Waals surface area contributed by atoms with Crippen LogP contribution >= 0.6 is 17.0 Å². The molecule has 0 aromatic rings. The summed E-state index contributed by atoms with van der Waals surface area (Å²) in [7, 11) is 0. The highest BCUT2D eigenvalue weighted by Gasteiger charge is 2.13. The molecule has 0 saturated heterocycles. The molecule has 0 fully saturated rings. The van der Waals surface area contributed by atoms with Crippen molar-refractivity contribution in [2.45, 2.75) is 109 Å². The lowest BCUT2D eigenvalue weighted by atomic mass is 9.92. The number of halogens is 1. The third-order valence-corrected chi connectivity index (χ3v) is 5.55. The topological polar surface area (TPSA) is 36.4 Å². The van der Waals surface area contributed by atoms with Crippen LogP contribution in [0.15, 0.2) is 23.3 Å². The first-order valence-corrected chi connectivity index (χ1v) is 10.5. The number of hydrogen-bond donors (Lipinski definition) is 0. The molecule has 0 aromatic heterocycles. The van der Waals surface area contributed by atoms with E-state index in [9.17, 15) is 5.53 Å². The van der Waals surface area contributed by atoms with E-state index in [2.05, 4.69) is 16.9 Å². The maximum Gasteiger partial charge on any atom is 0.292 e. The molecular weight excluding hydrogens is 372 g/mol. The first kappa shape index (κ1) is 22.4. The van der Waals surface area contributed by atoms with Crippen LogP contribution < -0.4 is 0 Å². The Balaban J connectivity index is 0.00000312. The summed E-state index contributed by atoms with van der Waals surface area (Å²) in [6, 6.07) is 0. The second-order valence-corrected chi connectivity index (χ2v) is 7.63. The summed E-state index contributed by atoms with van der Waals surface area (Å²) >= 11 is 0. The van der Waals surface area contributed by atoms with Gasteiger partial charge in [-0.1, -0.05) is 63.9 Å². The van der Waals surface area contributed by atoms with E-state index in [1.807, 2.05) is 0 Å². The lowest BCUT2D eigenvalue weighted by Gasteiger charge is -2.12. The van der Waals surface area contributed by atoms with E-state index >= 15 is 0 Å². The summed E-state index contributed by atoms with van der Waals surface area (Å²) in [6.45, 7) is 0. The average molecular weight is 409 g/mol. The van der Waals surface area contributed by atoms with Gasteiger partial charge in [0, 0.05) is 12.5 Å². The monoisotopic (exact) mass is 408 g/mol. The quantitative estimate of drug-likeness (QED) is 0.314. The van der Waals surface area contributed by atoms with E-state index in [1.54, 1.807) is 5.57 Å². The van der Waals surface area contributed by atoms with Gasteiger partial charge in [0.2, 0.25) is 0 Å². The molecule has 0 atom stereocenters. The summed E-state index contributed by atoms with van der Waals surface area (Å²) in [6.07, 6.45) is 26.6. The van der Waals surface area contributed by atoms with Crippen molar-refractivity contribution in [3.63, 3.8) is 0 Å². The summed E-state index contributed by atoms with van der Waals surface area (Å²) in [5.41, 5.74) is 13.3. The molecule has 3 heteroatoms. The number of allylic oxidation sites excluding steroid dienone is 4. The first-order chi connectivity index (χ1) is 11.9. The maximum absolute atomic E-state index is 9.40. The van der Waals surface area contributed by atoms with Crippen molar-refractivity contribution < 1.29 is 4.79 Å². The van der Waals surface area contributed by atoms with Crippen LogP contribution in [0.1, 0.15) is 109 Å². The number of hydrogen-bond acceptors (Lipinski definition) is 0. The third kappa shape index (κ3) is 9.56. The molecule has 2 aliphatic rings. The van der Waals surface area contributed by atoms with E-state index < -0.39 is 0 Å². The smallest absolute Gasteiger partial charge is 0.292 e. The molecule has 0 heterocycles. The van der Waals surface area contributed by atoms with Crippen LogP contribution in [0, 0.1) is 0 Å². The molecule has 0 spiro atoms. The molecule has 142 valence electrons. The van der Waals surface area contributed by atoms with Crippen molar-refractivity contribution in [2.24, 2.45) is 0 Å². The lowest BCUT2D eigenvalue weighted by Crippen LogP contribution is -2.00. The zero-order chi connectivity index (χ0) is 16.9. The van der Waals surface area contributed by atoms with E-state index in [4.69, 9.17) is 0 Å². The largest absolute Gasteiger partial charge is 0.361 e. The summed E-state index contributed by atoms with van der Waals surface area (Å²) in [5, 5.41) is 0. The molecule has 2 rings (SSSR count). The lowest BCUT2D eigenvalue weighted by molar-refractivity contribution is -0.00649. The van der Waals surface area contributed by atoms with Gasteiger partial charge in [0.05, 0.1) is 0 Å². The predicted octanol–water partition coefficient (Wildman–Crippen LogP) is 7.75. The van der Waals surface area contributed by atoms with Gasteiger partial charge in [-0.2, -0.15) is 4.79 Å². The number of nitrogens with zero attached hydrogens (tertiary/aromatic N) is 2. The van der Waals surface area contributed by atoms with Crippen molar-refractivity contribution in [3.05, 3.63) is 28.8 Å². The fourth-order valence-electron chi connectivity index (χ4n) is 4.02. The van der Waals surface area contributed by atoms with Crippen LogP contribution in [-0.4, -0.2) is 10.5 Å². The predicted molar refractivity (Wildman–Crippen MR) is 114 cm³/mol. The van der Waals surface area contributed by atoms with E-state index in [0.717, 1.165) is 25.0 Å². The fraction of sp³-hybridized carbons (Fsp3) is 0.773. The number of rotatable bonds is 1. The SMILES string of the molecule is Br.[N-]=[N+]=C1C=C(C2=CCCCCCCCCC2)CCCCCCCC1. The average Bonchev–Trinajstić information content (AvgIpc) is 2.70. The summed E-state index contributed by atoms with van der Waals surface area (Å²) < 4.78 is 0. The van der Waals surface area contributed by atoms with Crippen LogP contribution in [0.25, 0.3) is 5.53 Å². The van der Waals surface area contributed by atoms with Gasteiger partial charge in [0.15, 0.2) is 0 Å². The van der Waals surface area contributed by atoms with Gasteiger partial charge in [-0.3, -0.25) is 0 Å². The Kier molecular flexibility index (Phi) is 13.0. The zero-order valence-electron chi connectivity index (χ0n) is 16.0. The van der Waals surface area contributed by atoms with Crippen molar-refractivity contribution in [1.82, 2.24) is 0 Å². The van der Waals surface area contributed by atoms with Gasteiger partial charge in [-0.05, 0) is 56.1 Å². The highest BCUT2D eigenvalue weighted by molar-refractivity contribution is 8.93. The summed E-state index contributed by atoms with van der Waals surface area (Å²) in [5.74, 6) is 0. The van der Waals surface area contributed by atoms with Gasteiger partial charge in [-0.25, -0.2) is 0 Å². The van der Waals surface area contributed by atoms with Crippen molar-refractivity contribution in [2.75, 3.05) is 0 Å². The van der Waals surface area contributed by atoms with Crippen molar-refractivity contribution in [1.29, 1.82) is 0 Å². The van der Waals surface area contributed by atoms with Crippen LogP contribution in [0.5, 0.6) is 0 Å². The second kappa shape index (κ2) is 14.5. The fourth-order valence-corrected chi connectivity index (χ4v) is 4.02. The molecule has 0 saturated carbocycles. The molecule has 0 unspecified atom stereocenters. The molecule has 0 radical (unpaired) electrons. The Morgan fingerprint density at radius 3 is 1.68 bits per heavy atom. The standard InChI is InChI=1S/C22H36N2.BrH/c23-24-22-18-14-10-6-5-9-13-17-21(19-22)20-15-11-7-3-1-2-4-8-12-16-20;/h15,19H,1-14,16-18H2;1H. The van der Waals surface area contributed by atoms with Gasteiger partial charge in [0.25, 0.3) is 5.71 Å². The van der Waals surface area contributed by atoms with Crippen LogP contribution in [0.2, 0.25) is 0 Å². The van der Waals surface area contributed by atoms with Gasteiger partial charge < -0.3 is 5.53 Å². The molecule has 0 aromatic carbocycles. The van der Waals surface area contributed by atoms with E-state index in [0.29, 0.717) is 0 Å². The van der Waals surface area contributed by atoms with Crippen molar-refractivity contribution >= 4 is 22.7 Å². The summed E-state index contributed by atoms with van der Waals surface area (Å²) in [4.78, 5) is 3.60. The molecule has 25 heavy (non-hydrogen) atoms. The van der Waals surface area contributed by atoms with E-state index in [1.165, 1.54) is 95.5 Å². The van der Waals surface area contributed by atoms with Crippen LogP contribution in [0.4, 0.5) is 0 Å². The Bertz CT molecular complexity index is 472. The second-order valence-electron chi connectivity index (χ2n) is 7.63. The molecule has 0 aliphatic heterocycles. The van der Waals surface area contributed by atoms with Crippen molar-refractivity contribution in [3.8, 4) is 0 Å². The molecule has 0 amide bonds. The Hall–Kier alpha value is -0.660. The maximum atomic E-state index is 9.40. The first-order valence-electron chi connectivity index (χ1n) is 10.5. The zero-order valence-corrected chi connectivity index (χ0v) is 17.7. The molecule has 0 N–H and O–H groups in total.